The summed E-state index contributed by atoms with van der Waals surface area (Å²) in [5.41, 5.74) is 0. The molecule has 0 bridgehead atoms. The quantitative estimate of drug-likeness (QED) is 0.646. The maximum atomic E-state index is 11.2. The molecule has 0 N–H and O–H groups in total. The predicted molar refractivity (Wildman–Crippen MR) is 68.7 cm³/mol. The Hall–Kier alpha value is -0.517. The average molecular weight is 305 g/mol. The Morgan fingerprint density at radius 2 is 1.24 bits per heavy atom. The summed E-state index contributed by atoms with van der Waals surface area (Å²) in [6.45, 7) is 6.94. The van der Waals surface area contributed by atoms with Gasteiger partial charge in [0.05, 0.1) is 0 Å². The number of hydrogen-bond acceptors (Lipinski definition) is 4. The second kappa shape index (κ2) is 8.56. The normalized spacial score (nSPS) is 11.1. The van der Waals surface area contributed by atoms with E-state index in [2.05, 4.69) is 13.8 Å². The Morgan fingerprint density at radius 3 is 1.47 bits per heavy atom. The minimum atomic E-state index is -3.23. The van der Waals surface area contributed by atoms with Gasteiger partial charge in [-0.15, -0.1) is 0 Å². The van der Waals surface area contributed by atoms with E-state index in [1.807, 2.05) is 0 Å². The first-order chi connectivity index (χ1) is 7.95. The predicted octanol–water partition coefficient (Wildman–Crippen LogP) is 3.16. The number of hydrogen-bond donors (Lipinski definition) is 0. The van der Waals surface area contributed by atoms with Crippen molar-refractivity contribution in [2.24, 2.45) is 0 Å². The molecule has 0 aromatic carbocycles. The molecular formula is C12H24GeO4. The van der Waals surface area contributed by atoms with Gasteiger partial charge in [0.15, 0.2) is 0 Å². The van der Waals surface area contributed by atoms with Crippen molar-refractivity contribution < 1.29 is 17.1 Å². The van der Waals surface area contributed by atoms with Crippen LogP contribution in [-0.2, 0) is 17.1 Å². The fourth-order valence-corrected chi connectivity index (χ4v) is 9.18. The van der Waals surface area contributed by atoms with Gasteiger partial charge in [-0.25, -0.2) is 0 Å². The van der Waals surface area contributed by atoms with E-state index in [4.69, 9.17) is 7.53 Å². The van der Waals surface area contributed by atoms with Crippen molar-refractivity contribution in [1.29, 1.82) is 0 Å². The number of carbonyl (C=O) groups is 2. The molecule has 0 aliphatic heterocycles. The Labute approximate surface area is 107 Å². The molecule has 0 aliphatic rings. The van der Waals surface area contributed by atoms with Crippen LogP contribution in [0.2, 0.25) is 10.5 Å². The zero-order valence-corrected chi connectivity index (χ0v) is 13.5. The number of rotatable bonds is 8. The first-order valence-electron chi connectivity index (χ1n) is 6.35. The van der Waals surface area contributed by atoms with Crippen molar-refractivity contribution in [1.82, 2.24) is 0 Å². The summed E-state index contributed by atoms with van der Waals surface area (Å²) >= 11 is -3.23. The molecule has 0 saturated carbocycles. The molecule has 0 rings (SSSR count). The fourth-order valence-electron chi connectivity index (χ4n) is 1.77. The van der Waals surface area contributed by atoms with Crippen molar-refractivity contribution in [3.8, 4) is 0 Å². The molecule has 0 aromatic rings. The first kappa shape index (κ1) is 16.5. The molecule has 100 valence electrons. The van der Waals surface area contributed by atoms with Crippen LogP contribution in [0.4, 0.5) is 0 Å². The second-order valence-electron chi connectivity index (χ2n) is 4.31. The molecule has 0 aliphatic carbocycles. The molecular weight excluding hydrogens is 281 g/mol. The Bertz CT molecular complexity index is 227. The van der Waals surface area contributed by atoms with E-state index in [-0.39, 0.29) is 11.9 Å². The first-order valence-corrected chi connectivity index (χ1v) is 11.0. The van der Waals surface area contributed by atoms with Gasteiger partial charge in [0.2, 0.25) is 0 Å². The van der Waals surface area contributed by atoms with Crippen LogP contribution in [0.5, 0.6) is 0 Å². The molecule has 0 saturated heterocycles. The third kappa shape index (κ3) is 7.41. The fraction of sp³-hybridized carbons (Fsp3) is 0.833. The molecule has 0 atom stereocenters. The van der Waals surface area contributed by atoms with Gasteiger partial charge < -0.3 is 0 Å². The van der Waals surface area contributed by atoms with E-state index in [1.165, 1.54) is 13.8 Å². The SMILES string of the molecule is CCC[CH2][Ge]([CH2]CCC)([O]C(C)=O)[O]C(C)=O. The summed E-state index contributed by atoms with van der Waals surface area (Å²) in [6, 6.07) is 0. The molecule has 0 amide bonds. The van der Waals surface area contributed by atoms with Crippen LogP contribution in [0.25, 0.3) is 0 Å². The van der Waals surface area contributed by atoms with E-state index in [9.17, 15) is 9.59 Å². The summed E-state index contributed by atoms with van der Waals surface area (Å²) in [5.74, 6) is -0.642. The van der Waals surface area contributed by atoms with Crippen molar-refractivity contribution in [2.45, 2.75) is 63.9 Å². The molecule has 0 aromatic heterocycles. The van der Waals surface area contributed by atoms with Gasteiger partial charge in [-0.05, 0) is 0 Å². The number of carbonyl (C=O) groups excluding carboxylic acids is 2. The van der Waals surface area contributed by atoms with E-state index in [0.29, 0.717) is 0 Å². The van der Waals surface area contributed by atoms with Crippen LogP contribution < -0.4 is 0 Å². The standard InChI is InChI=1S/C12H24GeO4/c1-5-7-9-13(10-8-6-2,16-11(3)14)17-12(4)15/h5-10H2,1-4H3. The maximum absolute atomic E-state index is 11.2. The van der Waals surface area contributed by atoms with Crippen molar-refractivity contribution in [3.05, 3.63) is 0 Å². The van der Waals surface area contributed by atoms with Crippen LogP contribution in [-0.4, -0.2) is 25.9 Å². The number of unbranched alkanes of at least 4 members (excludes halogenated alkanes) is 2. The summed E-state index contributed by atoms with van der Waals surface area (Å²) < 4.78 is 10.9. The van der Waals surface area contributed by atoms with Gasteiger partial charge in [-0.3, -0.25) is 0 Å². The zero-order valence-electron chi connectivity index (χ0n) is 11.4. The molecule has 17 heavy (non-hydrogen) atoms. The van der Waals surface area contributed by atoms with Gasteiger partial charge >= 0.3 is 107 Å². The Morgan fingerprint density at radius 1 is 0.882 bits per heavy atom. The van der Waals surface area contributed by atoms with Crippen LogP contribution >= 0.6 is 0 Å². The van der Waals surface area contributed by atoms with Crippen LogP contribution in [0, 0.1) is 0 Å². The summed E-state index contributed by atoms with van der Waals surface area (Å²) in [6.07, 6.45) is 3.93. The topological polar surface area (TPSA) is 52.6 Å². The third-order valence-corrected chi connectivity index (χ3v) is 9.93. The molecule has 4 nitrogen and oxygen atoms in total. The van der Waals surface area contributed by atoms with Crippen LogP contribution in [0.3, 0.4) is 0 Å². The summed E-state index contributed by atoms with van der Waals surface area (Å²) in [5, 5.41) is 1.52. The van der Waals surface area contributed by atoms with Crippen LogP contribution in [0.15, 0.2) is 0 Å². The second-order valence-corrected chi connectivity index (χ2v) is 11.1. The summed E-state index contributed by atoms with van der Waals surface area (Å²) in [7, 11) is 0. The Kier molecular flexibility index (Phi) is 8.30. The zero-order chi connectivity index (χ0) is 13.3. The van der Waals surface area contributed by atoms with Crippen molar-refractivity contribution >= 4 is 25.9 Å². The molecule has 0 radical (unpaired) electrons. The van der Waals surface area contributed by atoms with E-state index < -0.39 is 13.9 Å². The van der Waals surface area contributed by atoms with E-state index in [1.54, 1.807) is 0 Å². The van der Waals surface area contributed by atoms with Gasteiger partial charge in [-0.1, -0.05) is 0 Å². The van der Waals surface area contributed by atoms with Gasteiger partial charge in [0, 0.05) is 0 Å². The van der Waals surface area contributed by atoms with Crippen molar-refractivity contribution in [2.75, 3.05) is 0 Å². The third-order valence-electron chi connectivity index (χ3n) is 2.48. The van der Waals surface area contributed by atoms with Crippen LogP contribution in [0.1, 0.15) is 53.4 Å². The Balaban J connectivity index is 4.75. The molecule has 0 spiro atoms. The molecule has 0 unspecified atom stereocenters. The average Bonchev–Trinajstić information content (AvgIpc) is 2.22. The van der Waals surface area contributed by atoms with Gasteiger partial charge in [0.1, 0.15) is 0 Å². The summed E-state index contributed by atoms with van der Waals surface area (Å²) in [4.78, 5) is 22.4. The van der Waals surface area contributed by atoms with Crippen molar-refractivity contribution in [3.63, 3.8) is 0 Å². The van der Waals surface area contributed by atoms with E-state index >= 15 is 0 Å². The van der Waals surface area contributed by atoms with Gasteiger partial charge in [-0.2, -0.15) is 0 Å². The monoisotopic (exact) mass is 306 g/mol. The van der Waals surface area contributed by atoms with E-state index in [0.717, 1.165) is 36.2 Å². The molecule has 0 fully saturated rings. The van der Waals surface area contributed by atoms with Gasteiger partial charge in [0.25, 0.3) is 0 Å². The molecule has 5 heteroatoms. The molecule has 0 heterocycles. The minimum absolute atomic E-state index is 0.321.